The molecule has 0 aromatic heterocycles. The summed E-state index contributed by atoms with van der Waals surface area (Å²) in [7, 11) is 4.17. The van der Waals surface area contributed by atoms with Crippen molar-refractivity contribution in [3.63, 3.8) is 0 Å². The molecule has 0 amide bonds. The molecule has 134 valence electrons. The first-order chi connectivity index (χ1) is 9.74. The van der Waals surface area contributed by atoms with E-state index in [0.717, 1.165) is 11.8 Å². The van der Waals surface area contributed by atoms with Crippen molar-refractivity contribution in [2.24, 2.45) is 11.8 Å². The number of halogens is 2. The molecule has 6 heteroatoms. The van der Waals surface area contributed by atoms with Crippen LogP contribution >= 0.6 is 46.4 Å². The number of nitrogens with zero attached hydrogens (tertiary/aromatic N) is 2. The highest BCUT2D eigenvalue weighted by Gasteiger charge is 2.16. The Morgan fingerprint density at radius 2 is 1.18 bits per heavy atom. The Morgan fingerprint density at radius 3 is 1.55 bits per heavy atom. The molecule has 2 rings (SSSR count). The second-order valence-electron chi connectivity index (χ2n) is 6.74. The van der Waals surface area contributed by atoms with E-state index in [0.29, 0.717) is 0 Å². The van der Waals surface area contributed by atoms with Crippen LogP contribution in [0.5, 0.6) is 0 Å². The van der Waals surface area contributed by atoms with Gasteiger partial charge in [0.15, 0.2) is 0 Å². The Hall–Kier alpha value is 1.20. The zero-order chi connectivity index (χ0) is 14.2. The van der Waals surface area contributed by atoms with Gasteiger partial charge in [-0.05, 0) is 50.6 Å². The van der Waals surface area contributed by atoms with Gasteiger partial charge in [-0.15, -0.1) is 24.8 Å². The van der Waals surface area contributed by atoms with Crippen LogP contribution in [0.15, 0.2) is 0 Å². The molecular weight excluding hydrogens is 355 g/mol. The summed E-state index contributed by atoms with van der Waals surface area (Å²) in [5, 5.41) is 0. The van der Waals surface area contributed by atoms with E-state index in [-0.39, 0.29) is 24.8 Å². The predicted octanol–water partition coefficient (Wildman–Crippen LogP) is 4.68. The van der Waals surface area contributed by atoms with E-state index in [1.54, 1.807) is 0 Å². The summed E-state index contributed by atoms with van der Waals surface area (Å²) in [5.74, 6) is 4.44. The van der Waals surface area contributed by atoms with E-state index >= 15 is 0 Å². The molecule has 2 heterocycles. The number of hydrogen-bond acceptors (Lipinski definition) is 4. The fourth-order valence-electron chi connectivity index (χ4n) is 3.43. The molecule has 2 unspecified atom stereocenters. The molecule has 0 N–H and O–H groups in total. The van der Waals surface area contributed by atoms with Crippen LogP contribution in [0.2, 0.25) is 0 Å². The Bertz CT molecular complexity index is 247. The summed E-state index contributed by atoms with van der Waals surface area (Å²) in [5.41, 5.74) is 0. The molecular formula is C16H34Cl2N2S2. The van der Waals surface area contributed by atoms with Crippen LogP contribution in [0, 0.1) is 11.8 Å². The molecule has 0 aliphatic carbocycles. The summed E-state index contributed by atoms with van der Waals surface area (Å²) in [6, 6.07) is 0. The first-order valence-corrected chi connectivity index (χ1v) is 10.9. The molecule has 2 nitrogen and oxygen atoms in total. The van der Waals surface area contributed by atoms with Gasteiger partial charge < -0.3 is 9.80 Å². The van der Waals surface area contributed by atoms with Gasteiger partial charge in [-0.2, -0.15) is 0 Å². The van der Waals surface area contributed by atoms with E-state index < -0.39 is 0 Å². The maximum Gasteiger partial charge on any atom is 0.0165 e. The number of likely N-dealkylation sites (tertiary alicyclic amines) is 2. The van der Waals surface area contributed by atoms with E-state index in [1.165, 1.54) is 76.5 Å². The first-order valence-electron chi connectivity index (χ1n) is 8.43. The van der Waals surface area contributed by atoms with Gasteiger partial charge in [-0.1, -0.05) is 35.4 Å². The lowest BCUT2D eigenvalue weighted by Gasteiger charge is -2.31. The molecule has 22 heavy (non-hydrogen) atoms. The summed E-state index contributed by atoms with van der Waals surface area (Å²) in [6.45, 7) is 12.7. The largest absolute Gasteiger partial charge is 0.302 e. The minimum atomic E-state index is 0. The van der Waals surface area contributed by atoms with Gasteiger partial charge in [-0.25, -0.2) is 0 Å². The summed E-state index contributed by atoms with van der Waals surface area (Å²) in [4.78, 5) is 5.32. The predicted molar refractivity (Wildman–Crippen MR) is 109 cm³/mol. The number of hydrogen-bond donors (Lipinski definition) is 0. The highest BCUT2D eigenvalue weighted by Crippen LogP contribution is 2.23. The van der Waals surface area contributed by atoms with Crippen LogP contribution in [0.3, 0.4) is 0 Å². The van der Waals surface area contributed by atoms with Crippen LogP contribution in [-0.2, 0) is 0 Å². The summed E-state index contributed by atoms with van der Waals surface area (Å²) in [6.07, 6.45) is 5.69. The Labute approximate surface area is 158 Å². The summed E-state index contributed by atoms with van der Waals surface area (Å²) < 4.78 is 0. The van der Waals surface area contributed by atoms with Crippen molar-refractivity contribution >= 4 is 46.4 Å². The van der Waals surface area contributed by atoms with Gasteiger partial charge in [-0.3, -0.25) is 0 Å². The molecule has 0 saturated carbocycles. The second-order valence-corrected chi connectivity index (χ2v) is 9.44. The van der Waals surface area contributed by atoms with E-state index in [2.05, 4.69) is 45.2 Å². The van der Waals surface area contributed by atoms with Crippen LogP contribution in [0.4, 0.5) is 0 Å². The molecule has 2 aliphatic rings. The SMILES string of the molecule is CC1CCCN(CCSSCCN2CCCC(C)C2)C1.Cl.Cl. The maximum atomic E-state index is 2.66. The van der Waals surface area contributed by atoms with Crippen LogP contribution in [0.25, 0.3) is 0 Å². The van der Waals surface area contributed by atoms with Crippen molar-refractivity contribution in [1.29, 1.82) is 0 Å². The minimum Gasteiger partial charge on any atom is -0.302 e. The zero-order valence-corrected chi connectivity index (χ0v) is 17.4. The summed E-state index contributed by atoms with van der Waals surface area (Å²) >= 11 is 0. The molecule has 2 atom stereocenters. The molecule has 0 spiro atoms. The third kappa shape index (κ3) is 9.48. The Morgan fingerprint density at radius 1 is 0.773 bits per heavy atom. The molecule has 2 saturated heterocycles. The van der Waals surface area contributed by atoms with Gasteiger partial charge in [0, 0.05) is 37.7 Å². The van der Waals surface area contributed by atoms with Gasteiger partial charge in [0.2, 0.25) is 0 Å². The van der Waals surface area contributed by atoms with Crippen molar-refractivity contribution in [3.8, 4) is 0 Å². The standard InChI is InChI=1S/C16H32N2S2.2ClH/c1-15-5-3-7-17(13-15)9-11-19-20-12-10-18-8-4-6-16(2)14-18;;/h15-16H,3-14H2,1-2H3;2*1H. The van der Waals surface area contributed by atoms with Crippen LogP contribution in [-0.4, -0.2) is 60.6 Å². The van der Waals surface area contributed by atoms with E-state index in [4.69, 9.17) is 0 Å². The Balaban J connectivity index is 0.00000220. The van der Waals surface area contributed by atoms with E-state index in [1.807, 2.05) is 0 Å². The van der Waals surface area contributed by atoms with Crippen LogP contribution in [0.1, 0.15) is 39.5 Å². The molecule has 0 radical (unpaired) electrons. The quantitative estimate of drug-likeness (QED) is 0.461. The van der Waals surface area contributed by atoms with Gasteiger partial charge in [0.25, 0.3) is 0 Å². The van der Waals surface area contributed by atoms with Crippen molar-refractivity contribution in [2.45, 2.75) is 39.5 Å². The third-order valence-corrected chi connectivity index (χ3v) is 6.91. The lowest BCUT2D eigenvalue weighted by molar-refractivity contribution is 0.194. The third-order valence-electron chi connectivity index (χ3n) is 4.55. The highest BCUT2D eigenvalue weighted by atomic mass is 35.5. The molecule has 2 aliphatic heterocycles. The smallest absolute Gasteiger partial charge is 0.0165 e. The normalized spacial score (nSPS) is 27.0. The number of rotatable bonds is 7. The minimum absolute atomic E-state index is 0. The van der Waals surface area contributed by atoms with Gasteiger partial charge in [0.05, 0.1) is 0 Å². The topological polar surface area (TPSA) is 6.48 Å². The molecule has 2 fully saturated rings. The first kappa shape index (κ1) is 23.2. The van der Waals surface area contributed by atoms with Gasteiger partial charge in [0.1, 0.15) is 0 Å². The highest BCUT2D eigenvalue weighted by molar-refractivity contribution is 8.76. The molecule has 0 bridgehead atoms. The van der Waals surface area contributed by atoms with Crippen LogP contribution < -0.4 is 0 Å². The number of piperidine rings is 2. The second kappa shape index (κ2) is 13.5. The lowest BCUT2D eigenvalue weighted by atomic mass is 10.0. The van der Waals surface area contributed by atoms with Gasteiger partial charge >= 0.3 is 0 Å². The average Bonchev–Trinajstić information content (AvgIpc) is 2.43. The average molecular weight is 390 g/mol. The van der Waals surface area contributed by atoms with E-state index in [9.17, 15) is 0 Å². The lowest BCUT2D eigenvalue weighted by Crippen LogP contribution is -2.36. The maximum absolute atomic E-state index is 2.66. The van der Waals surface area contributed by atoms with Crippen molar-refractivity contribution in [2.75, 3.05) is 50.8 Å². The van der Waals surface area contributed by atoms with Crippen molar-refractivity contribution < 1.29 is 0 Å². The monoisotopic (exact) mass is 388 g/mol. The molecule has 0 aromatic rings. The Kier molecular flexibility index (Phi) is 14.2. The van der Waals surface area contributed by atoms with Crippen molar-refractivity contribution in [3.05, 3.63) is 0 Å². The fraction of sp³-hybridized carbons (Fsp3) is 1.00. The fourth-order valence-corrected chi connectivity index (χ4v) is 5.49. The zero-order valence-electron chi connectivity index (χ0n) is 14.2. The van der Waals surface area contributed by atoms with Crippen molar-refractivity contribution in [1.82, 2.24) is 9.80 Å². The molecule has 0 aromatic carbocycles.